The summed E-state index contributed by atoms with van der Waals surface area (Å²) in [5.74, 6) is 0. The molecular weight excluding hydrogens is 500 g/mol. The maximum Gasteiger partial charge on any atom is 0.136 e. The zero-order valence-corrected chi connectivity index (χ0v) is 22.2. The van der Waals surface area contributed by atoms with E-state index in [1.165, 1.54) is 11.1 Å². The maximum absolute atomic E-state index is 6.13. The lowest BCUT2D eigenvalue weighted by Crippen LogP contribution is -1.95. The van der Waals surface area contributed by atoms with Crippen LogP contribution in [0.1, 0.15) is 0 Å². The first kappa shape index (κ1) is 23.4. The quantitative estimate of drug-likeness (QED) is 0.230. The minimum Gasteiger partial charge on any atom is -0.456 e. The number of benzene rings is 6. The first-order valence-corrected chi connectivity index (χ1v) is 13.8. The van der Waals surface area contributed by atoms with Crippen molar-refractivity contribution in [1.29, 1.82) is 0 Å². The molecule has 6 aromatic carbocycles. The van der Waals surface area contributed by atoms with Crippen LogP contribution in [0.25, 0.3) is 77.7 Å². The highest BCUT2D eigenvalue weighted by Crippen LogP contribution is 2.38. The highest BCUT2D eigenvalue weighted by atomic mass is 16.3. The number of fused-ring (bicyclic) bond motifs is 4. The number of nitrogens with zero attached hydrogens (tertiary/aromatic N) is 2. The fourth-order valence-electron chi connectivity index (χ4n) is 5.68. The van der Waals surface area contributed by atoms with Crippen molar-refractivity contribution in [2.24, 2.45) is 0 Å². The second kappa shape index (κ2) is 9.58. The molecule has 0 N–H and O–H groups in total. The Bertz CT molecular complexity index is 2180. The molecule has 2 aromatic heterocycles. The monoisotopic (exact) mass is 524 g/mol. The zero-order chi connectivity index (χ0) is 27.2. The first-order chi connectivity index (χ1) is 20.3. The van der Waals surface area contributed by atoms with Crippen molar-refractivity contribution in [2.75, 3.05) is 0 Å². The Morgan fingerprint density at radius 1 is 0.366 bits per heavy atom. The summed E-state index contributed by atoms with van der Waals surface area (Å²) in [6.07, 6.45) is 0. The highest BCUT2D eigenvalue weighted by molar-refractivity contribution is 6.12. The second-order valence-electron chi connectivity index (χ2n) is 10.2. The number of para-hydroxylation sites is 3. The SMILES string of the molecule is c1ccc(-c2ccc(-c3nc4ccccc4nc3-c3ccc(-c4cccc5oc6ccccc6c45)cc3)cc2)cc1. The van der Waals surface area contributed by atoms with Crippen molar-refractivity contribution in [3.63, 3.8) is 0 Å². The van der Waals surface area contributed by atoms with Crippen LogP contribution in [0.4, 0.5) is 0 Å². The Morgan fingerprint density at radius 3 is 1.56 bits per heavy atom. The van der Waals surface area contributed by atoms with Gasteiger partial charge in [0.25, 0.3) is 0 Å². The van der Waals surface area contributed by atoms with E-state index in [2.05, 4.69) is 97.1 Å². The van der Waals surface area contributed by atoms with E-state index >= 15 is 0 Å². The van der Waals surface area contributed by atoms with Gasteiger partial charge in [0.1, 0.15) is 11.2 Å². The number of hydrogen-bond donors (Lipinski definition) is 0. The fraction of sp³-hybridized carbons (Fsp3) is 0. The normalized spacial score (nSPS) is 11.4. The molecule has 0 bridgehead atoms. The van der Waals surface area contributed by atoms with E-state index in [9.17, 15) is 0 Å². The lowest BCUT2D eigenvalue weighted by molar-refractivity contribution is 0.669. The fourth-order valence-corrected chi connectivity index (χ4v) is 5.68. The van der Waals surface area contributed by atoms with E-state index in [1.807, 2.05) is 48.5 Å². The average Bonchev–Trinajstić information content (AvgIpc) is 3.44. The van der Waals surface area contributed by atoms with Crippen LogP contribution in [0.3, 0.4) is 0 Å². The molecule has 192 valence electrons. The maximum atomic E-state index is 6.13. The van der Waals surface area contributed by atoms with Crippen molar-refractivity contribution in [1.82, 2.24) is 9.97 Å². The van der Waals surface area contributed by atoms with Crippen molar-refractivity contribution < 1.29 is 4.42 Å². The highest BCUT2D eigenvalue weighted by Gasteiger charge is 2.16. The molecule has 0 aliphatic heterocycles. The molecule has 0 radical (unpaired) electrons. The molecular formula is C38H24N2O. The van der Waals surface area contributed by atoms with Gasteiger partial charge in [-0.05, 0) is 46.5 Å². The Kier molecular flexibility index (Phi) is 5.46. The molecule has 0 aliphatic rings. The molecule has 0 unspecified atom stereocenters. The summed E-state index contributed by atoms with van der Waals surface area (Å²) < 4.78 is 6.13. The van der Waals surface area contributed by atoms with E-state index in [0.717, 1.165) is 66.6 Å². The molecule has 0 fully saturated rings. The van der Waals surface area contributed by atoms with Gasteiger partial charge in [0.05, 0.1) is 22.4 Å². The van der Waals surface area contributed by atoms with Crippen molar-refractivity contribution >= 4 is 33.0 Å². The molecule has 41 heavy (non-hydrogen) atoms. The van der Waals surface area contributed by atoms with Gasteiger partial charge < -0.3 is 4.42 Å². The summed E-state index contributed by atoms with van der Waals surface area (Å²) in [6.45, 7) is 0. The van der Waals surface area contributed by atoms with Crippen molar-refractivity contribution in [3.05, 3.63) is 146 Å². The lowest BCUT2D eigenvalue weighted by atomic mass is 9.96. The van der Waals surface area contributed by atoms with Crippen LogP contribution in [0, 0.1) is 0 Å². The van der Waals surface area contributed by atoms with Gasteiger partial charge in [-0.2, -0.15) is 0 Å². The van der Waals surface area contributed by atoms with Crippen LogP contribution in [0.15, 0.2) is 150 Å². The van der Waals surface area contributed by atoms with Gasteiger partial charge in [-0.3, -0.25) is 0 Å². The molecule has 3 nitrogen and oxygen atoms in total. The molecule has 0 saturated carbocycles. The van der Waals surface area contributed by atoms with Crippen LogP contribution < -0.4 is 0 Å². The first-order valence-electron chi connectivity index (χ1n) is 13.8. The molecule has 3 heteroatoms. The van der Waals surface area contributed by atoms with E-state index in [1.54, 1.807) is 0 Å². The van der Waals surface area contributed by atoms with E-state index in [-0.39, 0.29) is 0 Å². The van der Waals surface area contributed by atoms with E-state index in [0.29, 0.717) is 0 Å². The molecule has 0 atom stereocenters. The smallest absolute Gasteiger partial charge is 0.136 e. The Balaban J connectivity index is 1.24. The third kappa shape index (κ3) is 4.07. The summed E-state index contributed by atoms with van der Waals surface area (Å²) in [4.78, 5) is 10.2. The Hall–Kier alpha value is -5.54. The molecule has 0 spiro atoms. The predicted octanol–water partition coefficient (Wildman–Crippen LogP) is 10.2. The lowest BCUT2D eigenvalue weighted by Gasteiger charge is -2.12. The van der Waals surface area contributed by atoms with Crippen LogP contribution in [0.5, 0.6) is 0 Å². The van der Waals surface area contributed by atoms with Crippen molar-refractivity contribution in [3.8, 4) is 44.8 Å². The third-order valence-electron chi connectivity index (χ3n) is 7.71. The molecule has 8 aromatic rings. The van der Waals surface area contributed by atoms with Gasteiger partial charge >= 0.3 is 0 Å². The van der Waals surface area contributed by atoms with Crippen LogP contribution >= 0.6 is 0 Å². The molecule has 0 aliphatic carbocycles. The predicted molar refractivity (Wildman–Crippen MR) is 169 cm³/mol. The minimum absolute atomic E-state index is 0.870. The van der Waals surface area contributed by atoms with Gasteiger partial charge in [-0.15, -0.1) is 0 Å². The standard InChI is InChI=1S/C38H24N2O/c1-2-9-25(10-3-1)26-17-21-28(22-18-26)37-38(40-33-14-6-5-13-32(33)39-37)29-23-19-27(20-24-29)30-12-8-16-35-36(30)31-11-4-7-15-34(31)41-35/h1-24H. The Morgan fingerprint density at radius 2 is 0.878 bits per heavy atom. The summed E-state index contributed by atoms with van der Waals surface area (Å²) in [5, 5.41) is 2.27. The number of aromatic nitrogens is 2. The second-order valence-corrected chi connectivity index (χ2v) is 10.2. The van der Waals surface area contributed by atoms with Gasteiger partial charge in [0.15, 0.2) is 0 Å². The molecule has 0 saturated heterocycles. The molecule has 8 rings (SSSR count). The topological polar surface area (TPSA) is 38.9 Å². The number of rotatable bonds is 4. The summed E-state index contributed by atoms with van der Waals surface area (Å²) >= 11 is 0. The number of furan rings is 1. The zero-order valence-electron chi connectivity index (χ0n) is 22.2. The summed E-state index contributed by atoms with van der Waals surface area (Å²) in [6, 6.07) is 50.2. The molecule has 2 heterocycles. The van der Waals surface area contributed by atoms with Crippen LogP contribution in [-0.4, -0.2) is 9.97 Å². The summed E-state index contributed by atoms with van der Waals surface area (Å²) in [7, 11) is 0. The summed E-state index contributed by atoms with van der Waals surface area (Å²) in [5.41, 5.74) is 12.0. The minimum atomic E-state index is 0.870. The van der Waals surface area contributed by atoms with Gasteiger partial charge in [0.2, 0.25) is 0 Å². The molecule has 0 amide bonds. The number of hydrogen-bond acceptors (Lipinski definition) is 3. The third-order valence-corrected chi connectivity index (χ3v) is 7.71. The Labute approximate surface area is 237 Å². The average molecular weight is 525 g/mol. The van der Waals surface area contributed by atoms with E-state index < -0.39 is 0 Å². The van der Waals surface area contributed by atoms with Crippen LogP contribution in [-0.2, 0) is 0 Å². The van der Waals surface area contributed by atoms with Crippen LogP contribution in [0.2, 0.25) is 0 Å². The van der Waals surface area contributed by atoms with Crippen molar-refractivity contribution in [2.45, 2.75) is 0 Å². The largest absolute Gasteiger partial charge is 0.456 e. The van der Waals surface area contributed by atoms with E-state index in [4.69, 9.17) is 14.4 Å². The van der Waals surface area contributed by atoms with Gasteiger partial charge in [0, 0.05) is 21.9 Å². The van der Waals surface area contributed by atoms with Gasteiger partial charge in [-0.1, -0.05) is 121 Å². The van der Waals surface area contributed by atoms with Gasteiger partial charge in [-0.25, -0.2) is 9.97 Å².